The summed E-state index contributed by atoms with van der Waals surface area (Å²) in [6.07, 6.45) is 0. The third-order valence-corrected chi connectivity index (χ3v) is 9.03. The molecular weight excluding hydrogens is 498 g/mol. The van der Waals surface area contributed by atoms with Crippen molar-refractivity contribution >= 4 is 32.8 Å². The molecule has 4 heterocycles. The number of nitrogens with one attached hydrogen (secondary N) is 1. The monoisotopic (exact) mass is 531 g/mol. The van der Waals surface area contributed by atoms with Gasteiger partial charge >= 0.3 is 0 Å². The van der Waals surface area contributed by atoms with Gasteiger partial charge in [0.2, 0.25) is 5.95 Å². The molecule has 2 saturated heterocycles. The second-order valence-electron chi connectivity index (χ2n) is 10.2. The first-order valence-corrected chi connectivity index (χ1v) is 14.9. The molecule has 2 aliphatic heterocycles. The molecule has 2 aromatic carbocycles. The van der Waals surface area contributed by atoms with Crippen LogP contribution in [0.1, 0.15) is 5.56 Å². The highest BCUT2D eigenvalue weighted by Gasteiger charge is 2.21. The molecule has 38 heavy (non-hydrogen) atoms. The van der Waals surface area contributed by atoms with Crippen LogP contribution >= 0.6 is 0 Å². The van der Waals surface area contributed by atoms with E-state index in [-0.39, 0.29) is 11.5 Å². The summed E-state index contributed by atoms with van der Waals surface area (Å²) in [4.78, 5) is 11.7. The van der Waals surface area contributed by atoms with Crippen molar-refractivity contribution in [3.63, 3.8) is 0 Å². The van der Waals surface area contributed by atoms with Crippen LogP contribution in [-0.4, -0.2) is 90.6 Å². The van der Waals surface area contributed by atoms with Crippen molar-refractivity contribution in [3.05, 3.63) is 72.3 Å². The Bertz CT molecular complexity index is 1510. The molecule has 0 spiro atoms. The summed E-state index contributed by atoms with van der Waals surface area (Å²) in [5.74, 6) is 1.05. The van der Waals surface area contributed by atoms with Gasteiger partial charge in [-0.05, 0) is 42.9 Å². The molecule has 2 aromatic heterocycles. The molecule has 0 unspecified atom stereocenters. The van der Waals surface area contributed by atoms with E-state index in [1.807, 2.05) is 28.8 Å². The van der Waals surface area contributed by atoms with Gasteiger partial charge in [0.25, 0.3) is 0 Å². The highest BCUT2D eigenvalue weighted by atomic mass is 32.2. The van der Waals surface area contributed by atoms with Gasteiger partial charge < -0.3 is 15.1 Å². The Kier molecular flexibility index (Phi) is 6.77. The van der Waals surface area contributed by atoms with Crippen molar-refractivity contribution in [1.82, 2.24) is 24.4 Å². The number of benzene rings is 2. The van der Waals surface area contributed by atoms with Crippen molar-refractivity contribution in [2.24, 2.45) is 0 Å². The zero-order chi connectivity index (χ0) is 26.1. The third-order valence-electron chi connectivity index (χ3n) is 7.42. The van der Waals surface area contributed by atoms with Gasteiger partial charge in [-0.25, -0.2) is 12.9 Å². The van der Waals surface area contributed by atoms with E-state index in [9.17, 15) is 8.42 Å². The molecule has 10 heteroatoms. The molecular formula is C28H33N7O2S. The Balaban J connectivity index is 1.17. The van der Waals surface area contributed by atoms with Crippen LogP contribution < -0.4 is 10.2 Å². The normalized spacial score (nSPS) is 18.6. The van der Waals surface area contributed by atoms with E-state index in [2.05, 4.69) is 69.5 Å². The Morgan fingerprint density at radius 3 is 2.37 bits per heavy atom. The van der Waals surface area contributed by atoms with Gasteiger partial charge in [-0.3, -0.25) is 4.90 Å². The van der Waals surface area contributed by atoms with E-state index in [0.717, 1.165) is 55.3 Å². The van der Waals surface area contributed by atoms with E-state index in [0.29, 0.717) is 19.0 Å². The second-order valence-corrected chi connectivity index (χ2v) is 12.5. The molecule has 4 aromatic rings. The summed E-state index contributed by atoms with van der Waals surface area (Å²) < 4.78 is 25.3. The average Bonchev–Trinajstić information content (AvgIpc) is 3.33. The van der Waals surface area contributed by atoms with E-state index in [1.165, 1.54) is 11.3 Å². The maximum atomic E-state index is 11.7. The minimum absolute atomic E-state index is 0.246. The number of aromatic nitrogens is 3. The quantitative estimate of drug-likeness (QED) is 0.406. The number of rotatable bonds is 6. The van der Waals surface area contributed by atoms with Crippen molar-refractivity contribution in [1.29, 1.82) is 0 Å². The molecule has 0 bridgehead atoms. The van der Waals surface area contributed by atoms with E-state index in [4.69, 9.17) is 10.1 Å². The Morgan fingerprint density at radius 1 is 0.868 bits per heavy atom. The lowest BCUT2D eigenvalue weighted by Crippen LogP contribution is -2.44. The Hall–Kier alpha value is -3.47. The number of hydrogen-bond donors (Lipinski definition) is 1. The number of sulfone groups is 1. The standard InChI is InChI=1S/C28H33N7O2S/c1-32-12-14-34(15-13-32)25-5-2-4-24(20-25)29-28-30-27-7-3-6-26(35(27)31-28)23-10-8-22(9-11-23)21-33-16-18-38(36,37)19-17-33/h2-11,20H,12-19,21H2,1H3,(H,29,31). The van der Waals surface area contributed by atoms with Crippen molar-refractivity contribution in [2.45, 2.75) is 6.54 Å². The Morgan fingerprint density at radius 2 is 1.61 bits per heavy atom. The molecule has 198 valence electrons. The maximum Gasteiger partial charge on any atom is 0.247 e. The first kappa shape index (κ1) is 24.8. The SMILES string of the molecule is CN1CCN(c2cccc(Nc3nc4cccc(-c5ccc(CN6CCS(=O)(=O)CC6)cc5)n4n3)c2)CC1. The smallest absolute Gasteiger partial charge is 0.247 e. The molecule has 6 rings (SSSR count). The van der Waals surface area contributed by atoms with Crippen LogP contribution in [0.2, 0.25) is 0 Å². The first-order chi connectivity index (χ1) is 18.4. The number of anilines is 3. The van der Waals surface area contributed by atoms with Crippen molar-refractivity contribution < 1.29 is 8.42 Å². The van der Waals surface area contributed by atoms with Gasteiger partial charge in [0.1, 0.15) is 0 Å². The lowest BCUT2D eigenvalue weighted by Gasteiger charge is -2.34. The molecule has 0 amide bonds. The van der Waals surface area contributed by atoms with Crippen molar-refractivity contribution in [3.8, 4) is 11.3 Å². The molecule has 9 nitrogen and oxygen atoms in total. The summed E-state index contributed by atoms with van der Waals surface area (Å²) in [5.41, 5.74) is 6.13. The minimum Gasteiger partial charge on any atom is -0.369 e. The van der Waals surface area contributed by atoms with E-state index in [1.54, 1.807) is 0 Å². The predicted molar refractivity (Wildman–Crippen MR) is 152 cm³/mol. The van der Waals surface area contributed by atoms with Crippen LogP contribution in [0.5, 0.6) is 0 Å². The summed E-state index contributed by atoms with van der Waals surface area (Å²) in [6.45, 7) is 6.12. The van der Waals surface area contributed by atoms with E-state index >= 15 is 0 Å². The molecule has 0 saturated carbocycles. The first-order valence-electron chi connectivity index (χ1n) is 13.1. The fourth-order valence-corrected chi connectivity index (χ4v) is 6.38. The zero-order valence-electron chi connectivity index (χ0n) is 21.6. The third kappa shape index (κ3) is 5.52. The van der Waals surface area contributed by atoms with Crippen LogP contribution in [0.15, 0.2) is 66.7 Å². The lowest BCUT2D eigenvalue weighted by atomic mass is 10.1. The van der Waals surface area contributed by atoms with Gasteiger partial charge in [-0.2, -0.15) is 4.98 Å². The van der Waals surface area contributed by atoms with Gasteiger partial charge in [0, 0.05) is 62.8 Å². The Labute approximate surface area is 223 Å². The van der Waals surface area contributed by atoms with Gasteiger partial charge in [0.15, 0.2) is 15.5 Å². The zero-order valence-corrected chi connectivity index (χ0v) is 22.4. The number of pyridine rings is 1. The fourth-order valence-electron chi connectivity index (χ4n) is 5.10. The van der Waals surface area contributed by atoms with E-state index < -0.39 is 9.84 Å². The predicted octanol–water partition coefficient (Wildman–Crippen LogP) is 3.12. The van der Waals surface area contributed by atoms with Crippen LogP contribution in [0.25, 0.3) is 16.9 Å². The lowest BCUT2D eigenvalue weighted by molar-refractivity contribution is 0.287. The molecule has 1 N–H and O–H groups in total. The van der Waals surface area contributed by atoms with Crippen molar-refractivity contribution in [2.75, 3.05) is 68.0 Å². The molecule has 2 fully saturated rings. The largest absolute Gasteiger partial charge is 0.369 e. The number of piperazine rings is 1. The topological polar surface area (TPSA) is 86.1 Å². The summed E-state index contributed by atoms with van der Waals surface area (Å²) in [5, 5.41) is 8.17. The number of nitrogens with zero attached hydrogens (tertiary/aromatic N) is 6. The van der Waals surface area contributed by atoms with Crippen LogP contribution in [0, 0.1) is 0 Å². The average molecular weight is 532 g/mol. The molecule has 2 aliphatic rings. The summed E-state index contributed by atoms with van der Waals surface area (Å²) >= 11 is 0. The van der Waals surface area contributed by atoms with Crippen LogP contribution in [-0.2, 0) is 16.4 Å². The highest BCUT2D eigenvalue weighted by molar-refractivity contribution is 7.91. The fraction of sp³-hybridized carbons (Fsp3) is 0.357. The molecule has 0 aliphatic carbocycles. The van der Waals surface area contributed by atoms with Crippen LogP contribution in [0.3, 0.4) is 0 Å². The summed E-state index contributed by atoms with van der Waals surface area (Å²) in [7, 11) is -0.700. The van der Waals surface area contributed by atoms with Gasteiger partial charge in [-0.1, -0.05) is 36.4 Å². The van der Waals surface area contributed by atoms with Crippen LogP contribution in [0.4, 0.5) is 17.3 Å². The molecule has 0 radical (unpaired) electrons. The number of hydrogen-bond acceptors (Lipinski definition) is 8. The second kappa shape index (κ2) is 10.4. The van der Waals surface area contributed by atoms with Gasteiger partial charge in [0.05, 0.1) is 17.2 Å². The highest BCUT2D eigenvalue weighted by Crippen LogP contribution is 2.25. The van der Waals surface area contributed by atoms with Gasteiger partial charge in [-0.15, -0.1) is 5.10 Å². The summed E-state index contributed by atoms with van der Waals surface area (Å²) in [6, 6.07) is 22.8. The number of likely N-dealkylation sites (N-methyl/N-ethyl adjacent to an activating group) is 1. The molecule has 0 atom stereocenters. The maximum absolute atomic E-state index is 11.7. The minimum atomic E-state index is -2.87. The number of fused-ring (bicyclic) bond motifs is 1.